The van der Waals surface area contributed by atoms with Crippen molar-refractivity contribution in [2.75, 3.05) is 13.2 Å². The van der Waals surface area contributed by atoms with Gasteiger partial charge in [-0.1, -0.05) is 18.3 Å². The van der Waals surface area contributed by atoms with E-state index in [1.54, 1.807) is 13.8 Å². The van der Waals surface area contributed by atoms with E-state index in [-0.39, 0.29) is 18.3 Å². The van der Waals surface area contributed by atoms with Crippen LogP contribution in [0.4, 0.5) is 0 Å². The van der Waals surface area contributed by atoms with E-state index in [1.807, 2.05) is 29.7 Å². The third-order valence-electron chi connectivity index (χ3n) is 3.33. The van der Waals surface area contributed by atoms with Gasteiger partial charge in [-0.25, -0.2) is 0 Å². The van der Waals surface area contributed by atoms with Crippen molar-refractivity contribution in [3.63, 3.8) is 0 Å². The van der Waals surface area contributed by atoms with Gasteiger partial charge in [0.25, 0.3) is 0 Å². The second kappa shape index (κ2) is 8.63. The zero-order valence-electron chi connectivity index (χ0n) is 14.2. The highest BCUT2D eigenvalue weighted by atomic mass is 32.1. The lowest BCUT2D eigenvalue weighted by Gasteiger charge is -2.06. The molecule has 2 rings (SSSR count). The number of amides is 1. The van der Waals surface area contributed by atoms with Gasteiger partial charge in [0.15, 0.2) is 4.80 Å². The number of ether oxygens (including phenoxy) is 2. The first-order valence-electron chi connectivity index (χ1n) is 8.08. The molecular formula is C17H22N2O4S. The van der Waals surface area contributed by atoms with Crippen LogP contribution in [0.3, 0.4) is 0 Å². The molecule has 0 spiro atoms. The summed E-state index contributed by atoms with van der Waals surface area (Å²) in [5.41, 5.74) is 0.926. The Balaban J connectivity index is 2.43. The van der Waals surface area contributed by atoms with Crippen molar-refractivity contribution >= 4 is 33.4 Å². The van der Waals surface area contributed by atoms with E-state index in [1.165, 1.54) is 11.3 Å². The molecule has 1 aromatic carbocycles. The molecule has 0 radical (unpaired) electrons. The molecule has 0 N–H and O–H groups in total. The number of thiazole rings is 1. The quantitative estimate of drug-likeness (QED) is 0.720. The summed E-state index contributed by atoms with van der Waals surface area (Å²) in [7, 11) is 0. The van der Waals surface area contributed by atoms with Crippen LogP contribution in [0.5, 0.6) is 5.75 Å². The Labute approximate surface area is 144 Å². The van der Waals surface area contributed by atoms with Crippen LogP contribution in [-0.2, 0) is 20.9 Å². The molecule has 0 aliphatic heterocycles. The number of aryl methyl sites for hydroxylation is 1. The molecule has 1 heterocycles. The summed E-state index contributed by atoms with van der Waals surface area (Å²) in [4.78, 5) is 28.1. The Hall–Kier alpha value is -2.15. The Morgan fingerprint density at radius 2 is 2.00 bits per heavy atom. The third kappa shape index (κ3) is 4.44. The molecule has 0 unspecified atom stereocenters. The standard InChI is InChI=1S/C17H22N2O4S/c1-4-15(20)18-17-19(10-9-16(21)23-6-3)13-8-7-12(22-5-2)11-14(13)24-17/h7-8,11H,4-6,9-10H2,1-3H3. The smallest absolute Gasteiger partial charge is 0.307 e. The summed E-state index contributed by atoms with van der Waals surface area (Å²) >= 11 is 1.42. The minimum absolute atomic E-state index is 0.184. The lowest BCUT2D eigenvalue weighted by molar-refractivity contribution is -0.143. The minimum Gasteiger partial charge on any atom is -0.494 e. The summed E-state index contributed by atoms with van der Waals surface area (Å²) in [6.45, 7) is 6.85. The molecule has 24 heavy (non-hydrogen) atoms. The van der Waals surface area contributed by atoms with Gasteiger partial charge >= 0.3 is 5.97 Å². The van der Waals surface area contributed by atoms with Crippen LogP contribution in [-0.4, -0.2) is 29.7 Å². The van der Waals surface area contributed by atoms with Gasteiger partial charge in [0, 0.05) is 13.0 Å². The highest BCUT2D eigenvalue weighted by Gasteiger charge is 2.11. The molecule has 0 saturated heterocycles. The van der Waals surface area contributed by atoms with Gasteiger partial charge in [0.2, 0.25) is 5.91 Å². The predicted octanol–water partition coefficient (Wildman–Crippen LogP) is 2.89. The lowest BCUT2D eigenvalue weighted by Crippen LogP contribution is -2.19. The molecule has 0 bridgehead atoms. The van der Waals surface area contributed by atoms with E-state index < -0.39 is 0 Å². The van der Waals surface area contributed by atoms with Crippen LogP contribution in [0.25, 0.3) is 10.2 Å². The normalized spacial score (nSPS) is 11.7. The van der Waals surface area contributed by atoms with E-state index in [2.05, 4.69) is 4.99 Å². The number of hydrogen-bond acceptors (Lipinski definition) is 5. The molecule has 2 aromatic rings. The number of fused-ring (bicyclic) bond motifs is 1. The highest BCUT2D eigenvalue weighted by Crippen LogP contribution is 2.23. The number of carbonyl (C=O) groups is 2. The Morgan fingerprint density at radius 1 is 1.21 bits per heavy atom. The summed E-state index contributed by atoms with van der Waals surface area (Å²) in [6, 6.07) is 5.74. The maximum Gasteiger partial charge on any atom is 0.307 e. The van der Waals surface area contributed by atoms with Crippen LogP contribution in [0.1, 0.15) is 33.6 Å². The largest absolute Gasteiger partial charge is 0.494 e. The number of benzene rings is 1. The molecule has 1 amide bonds. The van der Waals surface area contributed by atoms with Crippen molar-refractivity contribution in [2.24, 2.45) is 4.99 Å². The summed E-state index contributed by atoms with van der Waals surface area (Å²) in [5, 5.41) is 0. The fourth-order valence-corrected chi connectivity index (χ4v) is 3.34. The molecule has 130 valence electrons. The zero-order valence-corrected chi connectivity index (χ0v) is 15.0. The van der Waals surface area contributed by atoms with Crippen molar-refractivity contribution in [1.29, 1.82) is 0 Å². The van der Waals surface area contributed by atoms with Crippen LogP contribution in [0.15, 0.2) is 23.2 Å². The summed E-state index contributed by atoms with van der Waals surface area (Å²) in [5.74, 6) is 0.330. The van der Waals surface area contributed by atoms with Crippen LogP contribution in [0.2, 0.25) is 0 Å². The van der Waals surface area contributed by atoms with E-state index >= 15 is 0 Å². The topological polar surface area (TPSA) is 69.9 Å². The van der Waals surface area contributed by atoms with Gasteiger partial charge in [0.1, 0.15) is 5.75 Å². The van der Waals surface area contributed by atoms with Gasteiger partial charge in [-0.15, -0.1) is 0 Å². The molecule has 0 aliphatic carbocycles. The van der Waals surface area contributed by atoms with Crippen molar-refractivity contribution in [3.05, 3.63) is 23.0 Å². The molecular weight excluding hydrogens is 328 g/mol. The monoisotopic (exact) mass is 350 g/mol. The fourth-order valence-electron chi connectivity index (χ4n) is 2.23. The second-order valence-electron chi connectivity index (χ2n) is 5.01. The molecule has 0 saturated carbocycles. The number of carbonyl (C=O) groups excluding carboxylic acids is 2. The fraction of sp³-hybridized carbons (Fsp3) is 0.471. The first-order chi connectivity index (χ1) is 11.6. The van der Waals surface area contributed by atoms with Gasteiger partial charge in [0.05, 0.1) is 29.9 Å². The maximum absolute atomic E-state index is 11.7. The first-order valence-corrected chi connectivity index (χ1v) is 8.90. The van der Waals surface area contributed by atoms with Crippen molar-refractivity contribution in [1.82, 2.24) is 4.57 Å². The van der Waals surface area contributed by atoms with E-state index in [9.17, 15) is 9.59 Å². The SMILES string of the molecule is CCOC(=O)CCn1c(=NC(=O)CC)sc2cc(OCC)ccc21. The Bertz CT molecular complexity index is 791. The van der Waals surface area contributed by atoms with Crippen LogP contribution in [0, 0.1) is 0 Å². The average molecular weight is 350 g/mol. The van der Waals surface area contributed by atoms with Gasteiger partial charge in [-0.3, -0.25) is 9.59 Å². The predicted molar refractivity (Wildman–Crippen MR) is 93.1 cm³/mol. The van der Waals surface area contributed by atoms with Crippen molar-refractivity contribution < 1.29 is 19.1 Å². The average Bonchev–Trinajstić information content (AvgIpc) is 2.89. The van der Waals surface area contributed by atoms with Crippen LogP contribution >= 0.6 is 11.3 Å². The van der Waals surface area contributed by atoms with Crippen molar-refractivity contribution in [2.45, 2.75) is 40.2 Å². The van der Waals surface area contributed by atoms with E-state index in [4.69, 9.17) is 9.47 Å². The molecule has 6 nitrogen and oxygen atoms in total. The Morgan fingerprint density at radius 3 is 2.67 bits per heavy atom. The molecule has 0 aliphatic rings. The Kier molecular flexibility index (Phi) is 6.54. The highest BCUT2D eigenvalue weighted by molar-refractivity contribution is 7.16. The minimum atomic E-state index is -0.261. The third-order valence-corrected chi connectivity index (χ3v) is 4.37. The number of esters is 1. The van der Waals surface area contributed by atoms with E-state index in [0.717, 1.165) is 16.0 Å². The molecule has 0 atom stereocenters. The van der Waals surface area contributed by atoms with Gasteiger partial charge in [-0.05, 0) is 32.0 Å². The molecule has 7 heteroatoms. The molecule has 1 aromatic heterocycles. The van der Waals surface area contributed by atoms with Gasteiger partial charge in [-0.2, -0.15) is 4.99 Å². The van der Waals surface area contributed by atoms with Gasteiger partial charge < -0.3 is 14.0 Å². The molecule has 0 fully saturated rings. The maximum atomic E-state index is 11.7. The number of rotatable bonds is 7. The van der Waals surface area contributed by atoms with Crippen molar-refractivity contribution in [3.8, 4) is 5.75 Å². The number of nitrogens with zero attached hydrogens (tertiary/aromatic N) is 2. The second-order valence-corrected chi connectivity index (χ2v) is 6.02. The summed E-state index contributed by atoms with van der Waals surface area (Å²) in [6.07, 6.45) is 0.580. The lowest BCUT2D eigenvalue weighted by atomic mass is 10.3. The van der Waals surface area contributed by atoms with Crippen LogP contribution < -0.4 is 9.54 Å². The first kappa shape index (κ1) is 18.2. The number of aromatic nitrogens is 1. The number of hydrogen-bond donors (Lipinski definition) is 0. The van der Waals surface area contributed by atoms with E-state index in [0.29, 0.717) is 31.0 Å². The summed E-state index contributed by atoms with van der Waals surface area (Å²) < 4.78 is 13.4. The zero-order chi connectivity index (χ0) is 17.5.